The van der Waals surface area contributed by atoms with Crippen molar-refractivity contribution in [3.8, 4) is 5.75 Å². The van der Waals surface area contributed by atoms with Crippen LogP contribution in [0.5, 0.6) is 5.75 Å². The molecule has 1 aromatic carbocycles. The summed E-state index contributed by atoms with van der Waals surface area (Å²) in [6.45, 7) is 1.10. The van der Waals surface area contributed by atoms with Crippen LogP contribution in [0, 0.1) is 5.92 Å². The fourth-order valence-electron chi connectivity index (χ4n) is 4.35. The first-order valence-electron chi connectivity index (χ1n) is 10.9. The summed E-state index contributed by atoms with van der Waals surface area (Å²) in [5, 5.41) is 15.0. The maximum atomic E-state index is 12.6. The van der Waals surface area contributed by atoms with Gasteiger partial charge in [0.05, 0.1) is 24.6 Å². The number of aliphatic imine (C=N–C) groups is 1. The number of nitrogens with one attached hydrogen (secondary N) is 2. The summed E-state index contributed by atoms with van der Waals surface area (Å²) >= 11 is 0. The van der Waals surface area contributed by atoms with E-state index in [9.17, 15) is 19.5 Å². The van der Waals surface area contributed by atoms with Crippen LogP contribution in [-0.4, -0.2) is 52.9 Å². The summed E-state index contributed by atoms with van der Waals surface area (Å²) in [5.74, 6) is -0.661. The van der Waals surface area contributed by atoms with E-state index in [1.165, 1.54) is 6.42 Å². The fraction of sp³-hybridized carbons (Fsp3) is 0.545. The van der Waals surface area contributed by atoms with Crippen molar-refractivity contribution in [1.82, 2.24) is 15.5 Å². The van der Waals surface area contributed by atoms with Gasteiger partial charge in [0, 0.05) is 18.2 Å². The van der Waals surface area contributed by atoms with Crippen LogP contribution in [0.3, 0.4) is 0 Å². The van der Waals surface area contributed by atoms with E-state index in [0.29, 0.717) is 24.7 Å². The van der Waals surface area contributed by atoms with E-state index in [2.05, 4.69) is 15.6 Å². The summed E-state index contributed by atoms with van der Waals surface area (Å²) in [7, 11) is 0. The predicted molar refractivity (Wildman–Crippen MR) is 113 cm³/mol. The van der Waals surface area contributed by atoms with E-state index >= 15 is 0 Å². The molecule has 9 nitrogen and oxygen atoms in total. The Balaban J connectivity index is 1.32. The SMILES string of the molecule is O=C(O)CC(CCOc1ccc2c(c1)CN1CC(=O)NC1=N2)C(=O)NC1CCCCC1. The Hall–Kier alpha value is -3.10. The molecule has 2 amide bonds. The zero-order valence-corrected chi connectivity index (χ0v) is 17.4. The number of guanidine groups is 1. The number of fused-ring (bicyclic) bond motifs is 2. The second kappa shape index (κ2) is 9.36. The molecule has 3 N–H and O–H groups in total. The molecular formula is C22H28N4O5. The molecule has 1 saturated heterocycles. The van der Waals surface area contributed by atoms with Crippen LogP contribution in [0.4, 0.5) is 5.69 Å². The molecule has 1 unspecified atom stereocenters. The Labute approximate surface area is 180 Å². The molecule has 1 aliphatic carbocycles. The Bertz CT molecular complexity index is 894. The zero-order chi connectivity index (χ0) is 21.8. The van der Waals surface area contributed by atoms with E-state index < -0.39 is 11.9 Å². The van der Waals surface area contributed by atoms with Crippen molar-refractivity contribution in [3.63, 3.8) is 0 Å². The summed E-state index contributed by atoms with van der Waals surface area (Å²) < 4.78 is 5.83. The lowest BCUT2D eigenvalue weighted by atomic mass is 9.94. The number of aliphatic carboxylic acids is 1. The Morgan fingerprint density at radius 2 is 2.06 bits per heavy atom. The van der Waals surface area contributed by atoms with Crippen molar-refractivity contribution < 1.29 is 24.2 Å². The van der Waals surface area contributed by atoms with Crippen molar-refractivity contribution in [2.24, 2.45) is 10.9 Å². The first kappa shape index (κ1) is 21.1. The Morgan fingerprint density at radius 1 is 1.26 bits per heavy atom. The number of carboxylic acid groups (broad SMARTS) is 1. The molecule has 1 atom stereocenters. The highest BCUT2D eigenvalue weighted by Gasteiger charge is 2.29. The lowest BCUT2D eigenvalue weighted by Gasteiger charge is -2.25. The molecule has 1 saturated carbocycles. The third kappa shape index (κ3) is 5.34. The monoisotopic (exact) mass is 428 g/mol. The normalized spacial score (nSPS) is 19.0. The van der Waals surface area contributed by atoms with Gasteiger partial charge in [-0.2, -0.15) is 0 Å². The molecular weight excluding hydrogens is 400 g/mol. The summed E-state index contributed by atoms with van der Waals surface area (Å²) in [5.41, 5.74) is 1.74. The molecule has 4 rings (SSSR count). The summed E-state index contributed by atoms with van der Waals surface area (Å²) in [4.78, 5) is 41.8. The molecule has 2 heterocycles. The first-order valence-corrected chi connectivity index (χ1v) is 10.9. The van der Waals surface area contributed by atoms with Gasteiger partial charge < -0.3 is 20.1 Å². The van der Waals surface area contributed by atoms with E-state index in [1.807, 2.05) is 17.0 Å². The minimum Gasteiger partial charge on any atom is -0.494 e. The first-order chi connectivity index (χ1) is 15.0. The van der Waals surface area contributed by atoms with Crippen LogP contribution < -0.4 is 15.4 Å². The summed E-state index contributed by atoms with van der Waals surface area (Å²) in [6, 6.07) is 5.66. The number of carbonyl (C=O) groups is 3. The molecule has 2 aliphatic heterocycles. The van der Waals surface area contributed by atoms with Gasteiger partial charge in [0.2, 0.25) is 17.8 Å². The number of hydrogen-bond acceptors (Lipinski definition) is 6. The average Bonchev–Trinajstić information content (AvgIpc) is 3.10. The van der Waals surface area contributed by atoms with Gasteiger partial charge in [-0.25, -0.2) is 4.99 Å². The number of hydrogen-bond donors (Lipinski definition) is 3. The third-order valence-electron chi connectivity index (χ3n) is 6.00. The van der Waals surface area contributed by atoms with Crippen LogP contribution in [0.2, 0.25) is 0 Å². The maximum absolute atomic E-state index is 12.6. The van der Waals surface area contributed by atoms with Gasteiger partial charge >= 0.3 is 5.97 Å². The largest absolute Gasteiger partial charge is 0.494 e. The van der Waals surface area contributed by atoms with E-state index in [-0.39, 0.29) is 37.4 Å². The lowest BCUT2D eigenvalue weighted by Crippen LogP contribution is -2.41. The molecule has 0 bridgehead atoms. The van der Waals surface area contributed by atoms with Crippen LogP contribution in [-0.2, 0) is 20.9 Å². The number of carbonyl (C=O) groups excluding carboxylic acids is 2. The second-order valence-electron chi connectivity index (χ2n) is 8.41. The number of carboxylic acids is 1. The minimum atomic E-state index is -0.986. The van der Waals surface area contributed by atoms with Crippen molar-refractivity contribution in [2.45, 2.75) is 57.5 Å². The number of benzene rings is 1. The van der Waals surface area contributed by atoms with Gasteiger partial charge in [0.25, 0.3) is 0 Å². The highest BCUT2D eigenvalue weighted by atomic mass is 16.5. The van der Waals surface area contributed by atoms with Gasteiger partial charge in [-0.15, -0.1) is 0 Å². The van der Waals surface area contributed by atoms with Crippen molar-refractivity contribution in [2.75, 3.05) is 13.2 Å². The molecule has 1 aromatic rings. The fourth-order valence-corrected chi connectivity index (χ4v) is 4.35. The molecule has 3 aliphatic rings. The molecule has 0 spiro atoms. The van der Waals surface area contributed by atoms with Gasteiger partial charge in [-0.05, 0) is 37.5 Å². The Kier molecular flexibility index (Phi) is 6.39. The van der Waals surface area contributed by atoms with E-state index in [1.54, 1.807) is 6.07 Å². The van der Waals surface area contributed by atoms with E-state index in [0.717, 1.165) is 36.9 Å². The third-order valence-corrected chi connectivity index (χ3v) is 6.00. The van der Waals surface area contributed by atoms with E-state index in [4.69, 9.17) is 4.74 Å². The molecule has 9 heteroatoms. The molecule has 2 fully saturated rings. The number of amides is 2. The predicted octanol–water partition coefficient (Wildman–Crippen LogP) is 1.93. The van der Waals surface area contributed by atoms with Gasteiger partial charge in [-0.1, -0.05) is 19.3 Å². The zero-order valence-electron chi connectivity index (χ0n) is 17.4. The highest BCUT2D eigenvalue weighted by molar-refractivity contribution is 6.05. The van der Waals surface area contributed by atoms with Crippen molar-refractivity contribution in [3.05, 3.63) is 23.8 Å². The van der Waals surface area contributed by atoms with Gasteiger partial charge in [0.15, 0.2) is 0 Å². The van der Waals surface area contributed by atoms with Crippen molar-refractivity contribution in [1.29, 1.82) is 0 Å². The molecule has 0 aromatic heterocycles. The van der Waals surface area contributed by atoms with Gasteiger partial charge in [-0.3, -0.25) is 19.7 Å². The Morgan fingerprint density at radius 3 is 2.84 bits per heavy atom. The molecule has 31 heavy (non-hydrogen) atoms. The summed E-state index contributed by atoms with van der Waals surface area (Å²) in [6.07, 6.45) is 5.43. The molecule has 166 valence electrons. The van der Waals surface area contributed by atoms with Crippen molar-refractivity contribution >= 4 is 29.4 Å². The average molecular weight is 428 g/mol. The highest BCUT2D eigenvalue weighted by Crippen LogP contribution is 2.30. The van der Waals surface area contributed by atoms with Crippen LogP contribution in [0.25, 0.3) is 0 Å². The maximum Gasteiger partial charge on any atom is 0.304 e. The lowest BCUT2D eigenvalue weighted by molar-refractivity contribution is -0.141. The topological polar surface area (TPSA) is 120 Å². The van der Waals surface area contributed by atoms with Crippen LogP contribution in [0.15, 0.2) is 23.2 Å². The molecule has 0 radical (unpaired) electrons. The number of ether oxygens (including phenoxy) is 1. The smallest absolute Gasteiger partial charge is 0.304 e. The minimum absolute atomic E-state index is 0.0704. The second-order valence-corrected chi connectivity index (χ2v) is 8.41. The van der Waals surface area contributed by atoms with Crippen LogP contribution in [0.1, 0.15) is 50.5 Å². The van der Waals surface area contributed by atoms with Gasteiger partial charge in [0.1, 0.15) is 12.3 Å². The number of rotatable bonds is 8. The number of nitrogens with zero attached hydrogens (tertiary/aromatic N) is 2. The quantitative estimate of drug-likeness (QED) is 0.582. The standard InChI is InChI=1S/C22H28N4O5/c27-19-13-26-12-15-10-17(6-7-18(15)24-22(26)25-19)31-9-8-14(11-20(28)29)21(30)23-16-4-2-1-3-5-16/h6-7,10,14,16H,1-5,8-9,11-13H2,(H,23,30)(H,28,29)(H,24,25,27). The van der Waals surface area contributed by atoms with Crippen LogP contribution >= 0.6 is 0 Å².